The topological polar surface area (TPSA) is 54.3 Å². The number of benzene rings is 1. The van der Waals surface area contributed by atoms with Crippen molar-refractivity contribution in [3.63, 3.8) is 0 Å². The number of rotatable bonds is 3. The molecule has 130 valence electrons. The Hall–Kier alpha value is -2.56. The number of nitrogens with one attached hydrogen (secondary N) is 1. The van der Waals surface area contributed by atoms with E-state index in [1.807, 2.05) is 46.0 Å². The number of carbonyl (C=O) groups is 2. The number of amides is 2. The van der Waals surface area contributed by atoms with E-state index in [1.165, 1.54) is 5.56 Å². The van der Waals surface area contributed by atoms with Crippen LogP contribution in [0, 0.1) is 5.92 Å². The second-order valence-electron chi connectivity index (χ2n) is 7.02. The Morgan fingerprint density at radius 2 is 1.96 bits per heavy atom. The molecule has 2 saturated heterocycles. The number of carbonyl (C=O) groups excluding carboxylic acids is 2. The predicted octanol–water partition coefficient (Wildman–Crippen LogP) is 2.28. The van der Waals surface area contributed by atoms with E-state index >= 15 is 0 Å². The maximum absolute atomic E-state index is 13.0. The zero-order valence-electron chi connectivity index (χ0n) is 14.2. The van der Waals surface area contributed by atoms with Crippen LogP contribution in [-0.2, 0) is 11.3 Å². The molecule has 1 N–H and O–H groups in total. The van der Waals surface area contributed by atoms with Crippen molar-refractivity contribution in [3.05, 3.63) is 59.9 Å². The average Bonchev–Trinajstić information content (AvgIpc) is 3.09. The van der Waals surface area contributed by atoms with Gasteiger partial charge in [-0.2, -0.15) is 0 Å². The second kappa shape index (κ2) is 6.75. The summed E-state index contributed by atoms with van der Waals surface area (Å²) in [4.78, 5) is 26.5. The third kappa shape index (κ3) is 3.31. The van der Waals surface area contributed by atoms with Crippen LogP contribution in [0.4, 0.5) is 0 Å². The minimum atomic E-state index is 0.0938. The lowest BCUT2D eigenvalue weighted by molar-refractivity contribution is -0.125. The van der Waals surface area contributed by atoms with Gasteiger partial charge in [0.25, 0.3) is 5.91 Å². The molecule has 2 aliphatic rings. The van der Waals surface area contributed by atoms with Gasteiger partial charge < -0.3 is 14.8 Å². The Labute approximate surface area is 147 Å². The van der Waals surface area contributed by atoms with Crippen LogP contribution in [0.25, 0.3) is 0 Å². The summed E-state index contributed by atoms with van der Waals surface area (Å²) in [6, 6.07) is 14.3. The van der Waals surface area contributed by atoms with Gasteiger partial charge >= 0.3 is 0 Å². The van der Waals surface area contributed by atoms with Gasteiger partial charge in [-0.05, 0) is 36.5 Å². The van der Waals surface area contributed by atoms with Crippen molar-refractivity contribution in [2.45, 2.75) is 31.8 Å². The Morgan fingerprint density at radius 1 is 1.12 bits per heavy atom. The molecule has 1 aromatic carbocycles. The average molecular weight is 337 g/mol. The van der Waals surface area contributed by atoms with Crippen LogP contribution in [0.5, 0.6) is 0 Å². The van der Waals surface area contributed by atoms with Crippen molar-refractivity contribution >= 4 is 11.8 Å². The maximum Gasteiger partial charge on any atom is 0.270 e. The van der Waals surface area contributed by atoms with Crippen molar-refractivity contribution in [2.75, 3.05) is 13.1 Å². The van der Waals surface area contributed by atoms with E-state index in [-0.39, 0.29) is 17.9 Å². The van der Waals surface area contributed by atoms with E-state index in [2.05, 4.69) is 17.4 Å². The first kappa shape index (κ1) is 15.9. The molecule has 3 heterocycles. The van der Waals surface area contributed by atoms with Crippen LogP contribution in [0.2, 0.25) is 0 Å². The lowest BCUT2D eigenvalue weighted by atomic mass is 9.85. The Balaban J connectivity index is 1.47. The van der Waals surface area contributed by atoms with Gasteiger partial charge in [0.15, 0.2) is 0 Å². The van der Waals surface area contributed by atoms with E-state index in [0.717, 1.165) is 25.1 Å². The molecular formula is C20H23N3O2. The van der Waals surface area contributed by atoms with Crippen LogP contribution in [-0.4, -0.2) is 40.4 Å². The molecule has 0 saturated carbocycles. The van der Waals surface area contributed by atoms with E-state index in [9.17, 15) is 9.59 Å². The largest absolute Gasteiger partial charge is 0.353 e. The number of hydrogen-bond acceptors (Lipinski definition) is 2. The monoisotopic (exact) mass is 337 g/mol. The highest BCUT2D eigenvalue weighted by Gasteiger charge is 2.35. The minimum Gasteiger partial charge on any atom is -0.353 e. The predicted molar refractivity (Wildman–Crippen MR) is 95.2 cm³/mol. The van der Waals surface area contributed by atoms with E-state index in [0.29, 0.717) is 25.4 Å². The summed E-state index contributed by atoms with van der Waals surface area (Å²) in [5, 5.41) is 3.07. The summed E-state index contributed by atoms with van der Waals surface area (Å²) in [6.07, 6.45) is 4.27. The zero-order chi connectivity index (χ0) is 17.2. The van der Waals surface area contributed by atoms with E-state index < -0.39 is 0 Å². The third-order valence-corrected chi connectivity index (χ3v) is 5.35. The normalized spacial score (nSPS) is 23.0. The molecule has 2 aliphatic heterocycles. The van der Waals surface area contributed by atoms with Crippen LogP contribution in [0.3, 0.4) is 0 Å². The number of nitrogens with zero attached hydrogens (tertiary/aromatic N) is 2. The molecule has 2 aromatic rings. The molecule has 1 aromatic heterocycles. The molecule has 2 amide bonds. The van der Waals surface area contributed by atoms with Crippen molar-refractivity contribution in [2.24, 2.45) is 5.92 Å². The molecule has 25 heavy (non-hydrogen) atoms. The van der Waals surface area contributed by atoms with Crippen LogP contribution >= 0.6 is 0 Å². The second-order valence-corrected chi connectivity index (χ2v) is 7.02. The zero-order valence-corrected chi connectivity index (χ0v) is 14.2. The fraction of sp³-hybridized carbons (Fsp3) is 0.400. The van der Waals surface area contributed by atoms with Crippen LogP contribution in [0.1, 0.15) is 35.3 Å². The van der Waals surface area contributed by atoms with Gasteiger partial charge in [0, 0.05) is 38.3 Å². The molecular weight excluding hydrogens is 314 g/mol. The van der Waals surface area contributed by atoms with Gasteiger partial charge in [0.1, 0.15) is 5.69 Å². The number of likely N-dealkylation sites (tertiary alicyclic amines) is 1. The standard InChI is InChI=1S/C20H23N3O2/c24-19-9-8-16-14-23(12-10-17(16)21-19)20(25)18-7-4-11-22(18)13-15-5-2-1-3-6-15/h1-7,11,16-17H,8-10,12-14H2,(H,21,24). The van der Waals surface area contributed by atoms with Gasteiger partial charge in [-0.15, -0.1) is 0 Å². The lowest BCUT2D eigenvalue weighted by Crippen LogP contribution is -2.55. The molecule has 0 spiro atoms. The smallest absolute Gasteiger partial charge is 0.270 e. The SMILES string of the molecule is O=C1CCC2CN(C(=O)c3cccn3Cc3ccccc3)CCC2N1. The molecule has 4 rings (SSSR count). The number of fused-ring (bicyclic) bond motifs is 1. The molecule has 0 radical (unpaired) electrons. The van der Waals surface area contributed by atoms with E-state index in [1.54, 1.807) is 0 Å². The summed E-state index contributed by atoms with van der Waals surface area (Å²) in [5.74, 6) is 0.627. The van der Waals surface area contributed by atoms with Gasteiger partial charge in [-0.1, -0.05) is 30.3 Å². The fourth-order valence-electron chi connectivity index (χ4n) is 3.98. The molecule has 0 aliphatic carbocycles. The third-order valence-electron chi connectivity index (χ3n) is 5.35. The highest BCUT2D eigenvalue weighted by Crippen LogP contribution is 2.26. The highest BCUT2D eigenvalue weighted by atomic mass is 16.2. The summed E-state index contributed by atoms with van der Waals surface area (Å²) < 4.78 is 2.02. The van der Waals surface area contributed by atoms with Crippen molar-refractivity contribution in [1.29, 1.82) is 0 Å². The molecule has 2 unspecified atom stereocenters. The Morgan fingerprint density at radius 3 is 2.80 bits per heavy atom. The van der Waals surface area contributed by atoms with Gasteiger partial charge in [0.2, 0.25) is 5.91 Å². The summed E-state index contributed by atoms with van der Waals surface area (Å²) in [7, 11) is 0. The minimum absolute atomic E-state index is 0.0938. The summed E-state index contributed by atoms with van der Waals surface area (Å²) in [6.45, 7) is 2.14. The van der Waals surface area contributed by atoms with Crippen LogP contribution in [0.15, 0.2) is 48.7 Å². The Kier molecular flexibility index (Phi) is 4.30. The van der Waals surface area contributed by atoms with Crippen molar-refractivity contribution < 1.29 is 9.59 Å². The first-order chi connectivity index (χ1) is 12.2. The number of piperidine rings is 2. The number of aromatic nitrogens is 1. The van der Waals surface area contributed by atoms with Gasteiger partial charge in [-0.25, -0.2) is 0 Å². The lowest BCUT2D eigenvalue weighted by Gasteiger charge is -2.41. The maximum atomic E-state index is 13.0. The van der Waals surface area contributed by atoms with E-state index in [4.69, 9.17) is 0 Å². The molecule has 2 atom stereocenters. The van der Waals surface area contributed by atoms with Gasteiger partial charge in [-0.3, -0.25) is 9.59 Å². The number of hydrogen-bond donors (Lipinski definition) is 1. The first-order valence-electron chi connectivity index (χ1n) is 8.98. The molecule has 5 nitrogen and oxygen atoms in total. The van der Waals surface area contributed by atoms with Crippen molar-refractivity contribution in [1.82, 2.24) is 14.8 Å². The van der Waals surface area contributed by atoms with Crippen molar-refractivity contribution in [3.8, 4) is 0 Å². The quantitative estimate of drug-likeness (QED) is 0.934. The molecule has 2 fully saturated rings. The highest BCUT2D eigenvalue weighted by molar-refractivity contribution is 5.93. The van der Waals surface area contributed by atoms with Gasteiger partial charge in [0.05, 0.1) is 0 Å². The first-order valence-corrected chi connectivity index (χ1v) is 8.98. The molecule has 5 heteroatoms. The van der Waals surface area contributed by atoms with Crippen LogP contribution < -0.4 is 5.32 Å². The summed E-state index contributed by atoms with van der Waals surface area (Å²) >= 11 is 0. The fourth-order valence-corrected chi connectivity index (χ4v) is 3.98. The summed E-state index contributed by atoms with van der Waals surface area (Å²) in [5.41, 5.74) is 1.92. The Bertz CT molecular complexity index is 768. The molecule has 0 bridgehead atoms.